The Morgan fingerprint density at radius 3 is 2.59 bits per heavy atom. The Bertz CT molecular complexity index is 1370. The molecule has 2 aromatic carbocycles. The van der Waals surface area contributed by atoms with Crippen LogP contribution in [-0.4, -0.2) is 37.3 Å². The molecule has 174 valence electrons. The highest BCUT2D eigenvalue weighted by molar-refractivity contribution is 8.27. The molecule has 3 aromatic rings. The molecule has 0 aliphatic carbocycles. The summed E-state index contributed by atoms with van der Waals surface area (Å²) in [5.41, 5.74) is 1.88. The molecule has 0 atom stereocenters. The summed E-state index contributed by atoms with van der Waals surface area (Å²) in [5, 5.41) is 8.76. The second-order valence-electron chi connectivity index (χ2n) is 7.49. The van der Waals surface area contributed by atoms with Crippen molar-refractivity contribution >= 4 is 51.9 Å². The van der Waals surface area contributed by atoms with Crippen LogP contribution in [0, 0.1) is 6.92 Å². The molecule has 8 nitrogen and oxygen atoms in total. The van der Waals surface area contributed by atoms with E-state index in [1.165, 1.54) is 9.58 Å². The quantitative estimate of drug-likeness (QED) is 0.394. The molecule has 0 bridgehead atoms. The van der Waals surface area contributed by atoms with Gasteiger partial charge in [-0.1, -0.05) is 54.3 Å². The average Bonchev–Trinajstić information content (AvgIpc) is 3.19. The molecule has 1 aromatic heterocycles. The highest BCUT2D eigenvalue weighted by Gasteiger charge is 2.37. The predicted octanol–water partition coefficient (Wildman–Crippen LogP) is 3.74. The third-order valence-electron chi connectivity index (χ3n) is 5.28. The molecule has 0 spiro atoms. The zero-order valence-electron chi connectivity index (χ0n) is 18.4. The SMILES string of the molecule is Cc1c(N2C(=O)/C(=C\c3cccc(OCCC(=O)O)c3)SC2=S)c(=O)n(-c2ccccc2)n1C. The van der Waals surface area contributed by atoms with Crippen molar-refractivity contribution in [3.05, 3.63) is 81.1 Å². The van der Waals surface area contributed by atoms with Crippen molar-refractivity contribution in [3.63, 3.8) is 0 Å². The molecule has 10 heteroatoms. The number of thioether (sulfide) groups is 1. The van der Waals surface area contributed by atoms with Gasteiger partial charge in [0.1, 0.15) is 11.4 Å². The largest absolute Gasteiger partial charge is 0.493 e. The van der Waals surface area contributed by atoms with Gasteiger partial charge >= 0.3 is 5.97 Å². The van der Waals surface area contributed by atoms with Crippen molar-refractivity contribution < 1.29 is 19.4 Å². The Morgan fingerprint density at radius 2 is 1.88 bits per heavy atom. The van der Waals surface area contributed by atoms with E-state index in [0.29, 0.717) is 27.6 Å². The van der Waals surface area contributed by atoms with Gasteiger partial charge in [0.2, 0.25) is 0 Å². The number of ether oxygens (including phenoxy) is 1. The minimum Gasteiger partial charge on any atom is -0.493 e. The number of aliphatic carboxylic acids is 1. The molecule has 4 rings (SSSR count). The summed E-state index contributed by atoms with van der Waals surface area (Å²) in [6.45, 7) is 1.82. The zero-order valence-corrected chi connectivity index (χ0v) is 20.1. The van der Waals surface area contributed by atoms with E-state index in [1.54, 1.807) is 49.0 Å². The van der Waals surface area contributed by atoms with Crippen LogP contribution in [0.3, 0.4) is 0 Å². The molecule has 0 saturated carbocycles. The lowest BCUT2D eigenvalue weighted by Crippen LogP contribution is -2.33. The summed E-state index contributed by atoms with van der Waals surface area (Å²) < 4.78 is 8.95. The van der Waals surface area contributed by atoms with Gasteiger partial charge in [-0.15, -0.1) is 0 Å². The van der Waals surface area contributed by atoms with Gasteiger partial charge in [-0.2, -0.15) is 0 Å². The summed E-state index contributed by atoms with van der Waals surface area (Å²) in [5.74, 6) is -0.823. The first kappa shape index (κ1) is 23.5. The standard InChI is InChI=1S/C24H21N3O5S2/c1-15-21(23(31)27(25(15)2)17-8-4-3-5-9-17)26-22(30)19(34-24(26)33)14-16-7-6-10-18(13-16)32-12-11-20(28)29/h3-10,13-14H,11-12H2,1-2H3,(H,28,29)/b19-14+. The number of aromatic nitrogens is 2. The highest BCUT2D eigenvalue weighted by atomic mass is 32.2. The molecule has 1 fully saturated rings. The maximum atomic E-state index is 13.3. The summed E-state index contributed by atoms with van der Waals surface area (Å²) in [6, 6.07) is 16.2. The predicted molar refractivity (Wildman–Crippen MR) is 136 cm³/mol. The maximum absolute atomic E-state index is 13.3. The smallest absolute Gasteiger partial charge is 0.306 e. The first-order valence-electron chi connectivity index (χ1n) is 10.3. The van der Waals surface area contributed by atoms with Crippen LogP contribution in [0.4, 0.5) is 5.69 Å². The number of nitrogens with zero attached hydrogens (tertiary/aromatic N) is 3. The topological polar surface area (TPSA) is 93.8 Å². The number of thiocarbonyl (C=S) groups is 1. The van der Waals surface area contributed by atoms with Crippen molar-refractivity contribution in [2.45, 2.75) is 13.3 Å². The van der Waals surface area contributed by atoms with Gasteiger partial charge in [0, 0.05) is 7.05 Å². The number of carboxylic acid groups (broad SMARTS) is 1. The van der Waals surface area contributed by atoms with Gasteiger partial charge < -0.3 is 9.84 Å². The Morgan fingerprint density at radius 1 is 1.15 bits per heavy atom. The number of para-hydroxylation sites is 1. The van der Waals surface area contributed by atoms with E-state index in [-0.39, 0.29) is 34.5 Å². The van der Waals surface area contributed by atoms with Crippen LogP contribution in [0.15, 0.2) is 64.3 Å². The number of carbonyl (C=O) groups excluding carboxylic acids is 1. The van der Waals surface area contributed by atoms with E-state index in [1.807, 2.05) is 30.3 Å². The molecule has 2 heterocycles. The van der Waals surface area contributed by atoms with Gasteiger partial charge in [0.05, 0.1) is 29.3 Å². The lowest BCUT2D eigenvalue weighted by molar-refractivity contribution is -0.137. The van der Waals surface area contributed by atoms with Gasteiger partial charge in [-0.05, 0) is 42.8 Å². The second-order valence-corrected chi connectivity index (χ2v) is 9.17. The minimum absolute atomic E-state index is 0.0435. The van der Waals surface area contributed by atoms with Gasteiger partial charge in [-0.3, -0.25) is 24.0 Å². The molecular formula is C24H21N3O5S2. The Balaban J connectivity index is 1.64. The normalized spacial score (nSPS) is 14.8. The molecule has 1 aliphatic heterocycles. The van der Waals surface area contributed by atoms with Gasteiger partial charge in [0.15, 0.2) is 4.32 Å². The van der Waals surface area contributed by atoms with Crippen LogP contribution in [0.1, 0.15) is 17.7 Å². The van der Waals surface area contributed by atoms with Crippen LogP contribution in [0.25, 0.3) is 11.8 Å². The van der Waals surface area contributed by atoms with E-state index in [0.717, 1.165) is 11.8 Å². The molecule has 0 unspecified atom stereocenters. The third kappa shape index (κ3) is 4.55. The van der Waals surface area contributed by atoms with Crippen LogP contribution in [0.2, 0.25) is 0 Å². The highest BCUT2D eigenvalue weighted by Crippen LogP contribution is 2.36. The van der Waals surface area contributed by atoms with Crippen LogP contribution in [-0.2, 0) is 16.6 Å². The summed E-state index contributed by atoms with van der Waals surface area (Å²) in [4.78, 5) is 39.0. The summed E-state index contributed by atoms with van der Waals surface area (Å²) >= 11 is 6.60. The average molecular weight is 496 g/mol. The molecule has 1 aliphatic rings. The van der Waals surface area contributed by atoms with Crippen molar-refractivity contribution in [3.8, 4) is 11.4 Å². The van der Waals surface area contributed by atoms with Crippen molar-refractivity contribution in [1.29, 1.82) is 0 Å². The Hall–Kier alpha value is -3.63. The number of benzene rings is 2. The second kappa shape index (κ2) is 9.70. The van der Waals surface area contributed by atoms with Crippen molar-refractivity contribution in [1.82, 2.24) is 9.36 Å². The Kier molecular flexibility index (Phi) is 6.71. The first-order valence-corrected chi connectivity index (χ1v) is 11.6. The van der Waals surface area contributed by atoms with Crippen LogP contribution >= 0.6 is 24.0 Å². The van der Waals surface area contributed by atoms with Crippen molar-refractivity contribution in [2.24, 2.45) is 7.05 Å². The zero-order chi connectivity index (χ0) is 24.4. The molecule has 1 saturated heterocycles. The summed E-state index contributed by atoms with van der Waals surface area (Å²) in [6.07, 6.45) is 1.57. The fourth-order valence-electron chi connectivity index (χ4n) is 3.57. The lowest BCUT2D eigenvalue weighted by atomic mass is 10.2. The Labute approximate surface area is 205 Å². The minimum atomic E-state index is -0.942. The maximum Gasteiger partial charge on any atom is 0.306 e. The number of anilines is 1. The van der Waals surface area contributed by atoms with E-state index in [9.17, 15) is 14.4 Å². The number of amides is 1. The fraction of sp³-hybridized carbons (Fsp3) is 0.167. The monoisotopic (exact) mass is 495 g/mol. The number of rotatable bonds is 7. The number of hydrogen-bond acceptors (Lipinski definition) is 6. The molecule has 0 radical (unpaired) electrons. The molecule has 1 N–H and O–H groups in total. The first-order chi connectivity index (χ1) is 16.3. The van der Waals surface area contributed by atoms with Gasteiger partial charge in [0.25, 0.3) is 11.5 Å². The number of carboxylic acids is 1. The lowest BCUT2D eigenvalue weighted by Gasteiger charge is -2.12. The van der Waals surface area contributed by atoms with E-state index < -0.39 is 5.97 Å². The van der Waals surface area contributed by atoms with Gasteiger partial charge in [-0.25, -0.2) is 4.68 Å². The summed E-state index contributed by atoms with van der Waals surface area (Å²) in [7, 11) is 1.76. The van der Waals surface area contributed by atoms with E-state index in [4.69, 9.17) is 22.1 Å². The number of hydrogen-bond donors (Lipinski definition) is 1. The fourth-order valence-corrected chi connectivity index (χ4v) is 4.84. The molecule has 34 heavy (non-hydrogen) atoms. The molecule has 1 amide bonds. The van der Waals surface area contributed by atoms with Crippen LogP contribution in [0.5, 0.6) is 5.75 Å². The van der Waals surface area contributed by atoms with Crippen molar-refractivity contribution in [2.75, 3.05) is 11.5 Å². The van der Waals surface area contributed by atoms with E-state index >= 15 is 0 Å². The number of carbonyl (C=O) groups is 2. The molecular weight excluding hydrogens is 474 g/mol. The third-order valence-corrected chi connectivity index (χ3v) is 6.58. The van der Waals surface area contributed by atoms with E-state index in [2.05, 4.69) is 0 Å². The van der Waals surface area contributed by atoms with Crippen LogP contribution < -0.4 is 15.2 Å².